The molecule has 0 spiro atoms. The van der Waals surface area contributed by atoms with Crippen LogP contribution in [0.1, 0.15) is 55.7 Å². The number of likely N-dealkylation sites (tertiary alicyclic amines) is 1. The van der Waals surface area contributed by atoms with Gasteiger partial charge in [0, 0.05) is 18.7 Å². The molecule has 3 N–H and O–H groups in total. The molecule has 0 aliphatic carbocycles. The van der Waals surface area contributed by atoms with Crippen LogP contribution in [0.15, 0.2) is 79.1 Å². The van der Waals surface area contributed by atoms with E-state index in [0.29, 0.717) is 23.6 Å². The summed E-state index contributed by atoms with van der Waals surface area (Å²) in [6, 6.07) is 20.2. The van der Waals surface area contributed by atoms with Crippen LogP contribution in [-0.2, 0) is 15.2 Å². The Morgan fingerprint density at radius 2 is 1.61 bits per heavy atom. The van der Waals surface area contributed by atoms with Crippen LogP contribution >= 0.6 is 0 Å². The number of hydrogen-bond acceptors (Lipinski definition) is 5. The van der Waals surface area contributed by atoms with E-state index < -0.39 is 11.5 Å². The molecular formula is C31H38N4O3. The largest absolute Gasteiger partial charge is 0.372 e. The first-order valence-electron chi connectivity index (χ1n) is 13.5. The fourth-order valence-corrected chi connectivity index (χ4v) is 4.95. The number of nitrogens with zero attached hydrogens (tertiary/aromatic N) is 2. The van der Waals surface area contributed by atoms with Crippen LogP contribution in [-0.4, -0.2) is 53.0 Å². The average molecular weight is 515 g/mol. The highest BCUT2D eigenvalue weighted by molar-refractivity contribution is 5.92. The van der Waals surface area contributed by atoms with Gasteiger partial charge in [0.25, 0.3) is 5.91 Å². The molecule has 0 saturated carbocycles. The smallest absolute Gasteiger partial charge is 0.261 e. The quantitative estimate of drug-likeness (QED) is 0.351. The Balaban J connectivity index is 1.26. The SMILES string of the molecule is CC(C)C(=O)Nc1cncc(C2CCN(CCCNC(=O)C(O)(c3ccccc3)c3ccccc3)CC2)c1. The van der Waals surface area contributed by atoms with Crippen LogP contribution in [0.3, 0.4) is 0 Å². The molecule has 1 aliphatic heterocycles. The van der Waals surface area contributed by atoms with Crippen molar-refractivity contribution in [2.75, 3.05) is 31.5 Å². The Hall–Kier alpha value is -3.55. The molecule has 1 saturated heterocycles. The topological polar surface area (TPSA) is 94.6 Å². The van der Waals surface area contributed by atoms with Gasteiger partial charge in [-0.25, -0.2) is 0 Å². The lowest BCUT2D eigenvalue weighted by atomic mass is 9.85. The third kappa shape index (κ3) is 6.65. The molecule has 0 radical (unpaired) electrons. The van der Waals surface area contributed by atoms with E-state index in [0.717, 1.165) is 44.6 Å². The highest BCUT2D eigenvalue weighted by Gasteiger charge is 2.39. The average Bonchev–Trinajstić information content (AvgIpc) is 2.96. The number of amides is 2. The van der Waals surface area contributed by atoms with Crippen molar-refractivity contribution in [3.05, 3.63) is 95.8 Å². The van der Waals surface area contributed by atoms with Gasteiger partial charge in [-0.05, 0) is 67.6 Å². The van der Waals surface area contributed by atoms with E-state index in [-0.39, 0.29) is 11.8 Å². The molecule has 0 atom stereocenters. The number of pyridine rings is 1. The van der Waals surface area contributed by atoms with E-state index in [1.807, 2.05) is 62.5 Å². The predicted octanol–water partition coefficient (Wildman–Crippen LogP) is 4.30. The molecule has 1 aromatic heterocycles. The van der Waals surface area contributed by atoms with Crippen molar-refractivity contribution in [2.24, 2.45) is 5.92 Å². The number of aliphatic hydroxyl groups is 1. The number of nitrogens with one attached hydrogen (secondary N) is 2. The molecule has 1 aliphatic rings. The number of benzene rings is 2. The van der Waals surface area contributed by atoms with Gasteiger partial charge in [0.15, 0.2) is 5.60 Å². The van der Waals surface area contributed by atoms with E-state index >= 15 is 0 Å². The molecule has 2 aromatic carbocycles. The molecule has 0 unspecified atom stereocenters. The van der Waals surface area contributed by atoms with E-state index in [9.17, 15) is 14.7 Å². The van der Waals surface area contributed by atoms with E-state index in [2.05, 4.69) is 20.5 Å². The van der Waals surface area contributed by atoms with Gasteiger partial charge in [-0.3, -0.25) is 14.6 Å². The van der Waals surface area contributed by atoms with Crippen LogP contribution < -0.4 is 10.6 Å². The fourth-order valence-electron chi connectivity index (χ4n) is 4.95. The second-order valence-corrected chi connectivity index (χ2v) is 10.3. The van der Waals surface area contributed by atoms with Gasteiger partial charge in [-0.15, -0.1) is 0 Å². The fraction of sp³-hybridized carbons (Fsp3) is 0.387. The highest BCUT2D eigenvalue weighted by Crippen LogP contribution is 2.31. The number of carbonyl (C=O) groups excluding carboxylic acids is 2. The minimum atomic E-state index is -1.74. The van der Waals surface area contributed by atoms with Crippen LogP contribution in [0.25, 0.3) is 0 Å². The van der Waals surface area contributed by atoms with Crippen molar-refractivity contribution in [1.29, 1.82) is 0 Å². The Morgan fingerprint density at radius 1 is 1.00 bits per heavy atom. The van der Waals surface area contributed by atoms with Gasteiger partial charge >= 0.3 is 0 Å². The summed E-state index contributed by atoms with van der Waals surface area (Å²) in [6.45, 7) is 7.06. The predicted molar refractivity (Wildman–Crippen MR) is 150 cm³/mol. The minimum Gasteiger partial charge on any atom is -0.372 e. The number of anilines is 1. The zero-order chi connectivity index (χ0) is 27.0. The van der Waals surface area contributed by atoms with E-state index in [1.54, 1.807) is 30.5 Å². The zero-order valence-electron chi connectivity index (χ0n) is 22.3. The summed E-state index contributed by atoms with van der Waals surface area (Å²) in [4.78, 5) is 32.0. The highest BCUT2D eigenvalue weighted by atomic mass is 16.3. The molecule has 2 amide bonds. The van der Waals surface area contributed by atoms with Gasteiger partial charge < -0.3 is 20.6 Å². The molecule has 200 valence electrons. The third-order valence-electron chi connectivity index (χ3n) is 7.26. The van der Waals surface area contributed by atoms with Gasteiger partial charge in [-0.1, -0.05) is 74.5 Å². The summed E-state index contributed by atoms with van der Waals surface area (Å²) < 4.78 is 0. The Kier molecular flexibility index (Phi) is 9.26. The van der Waals surface area contributed by atoms with Crippen molar-refractivity contribution >= 4 is 17.5 Å². The second-order valence-electron chi connectivity index (χ2n) is 10.3. The van der Waals surface area contributed by atoms with Crippen LogP contribution in [0.4, 0.5) is 5.69 Å². The standard InChI is InChI=1S/C31H38N4O3/c1-23(2)29(36)34-28-20-25(21-32-22-28)24-14-18-35(19-15-24)17-9-16-33-30(37)31(38,26-10-5-3-6-11-26)27-12-7-4-8-13-27/h3-8,10-13,20-24,38H,9,14-19H2,1-2H3,(H,33,37)(H,34,36). The van der Waals surface area contributed by atoms with Gasteiger partial charge in [-0.2, -0.15) is 0 Å². The zero-order valence-corrected chi connectivity index (χ0v) is 22.3. The first-order valence-corrected chi connectivity index (χ1v) is 13.5. The molecule has 2 heterocycles. The molecular weight excluding hydrogens is 476 g/mol. The van der Waals surface area contributed by atoms with Crippen molar-refractivity contribution in [2.45, 2.75) is 44.6 Å². The summed E-state index contributed by atoms with van der Waals surface area (Å²) in [5, 5.41) is 17.5. The Morgan fingerprint density at radius 3 is 2.18 bits per heavy atom. The number of rotatable bonds is 10. The second kappa shape index (κ2) is 12.8. The monoisotopic (exact) mass is 514 g/mol. The molecule has 38 heavy (non-hydrogen) atoms. The molecule has 1 fully saturated rings. The van der Waals surface area contributed by atoms with Crippen LogP contribution in [0, 0.1) is 5.92 Å². The Bertz CT molecular complexity index is 1150. The summed E-state index contributed by atoms with van der Waals surface area (Å²) in [5.74, 6) is -0.0688. The molecule has 7 heteroatoms. The number of aromatic nitrogens is 1. The summed E-state index contributed by atoms with van der Waals surface area (Å²) in [6.07, 6.45) is 6.45. The molecule has 7 nitrogen and oxygen atoms in total. The number of piperidine rings is 1. The lowest BCUT2D eigenvalue weighted by Gasteiger charge is -2.32. The Labute approximate surface area is 225 Å². The van der Waals surface area contributed by atoms with Crippen molar-refractivity contribution < 1.29 is 14.7 Å². The third-order valence-corrected chi connectivity index (χ3v) is 7.26. The summed E-state index contributed by atoms with van der Waals surface area (Å²) in [7, 11) is 0. The summed E-state index contributed by atoms with van der Waals surface area (Å²) >= 11 is 0. The molecule has 0 bridgehead atoms. The normalized spacial score (nSPS) is 14.8. The van der Waals surface area contributed by atoms with Crippen molar-refractivity contribution in [1.82, 2.24) is 15.2 Å². The number of hydrogen-bond donors (Lipinski definition) is 3. The minimum absolute atomic E-state index is 0.00293. The van der Waals surface area contributed by atoms with Gasteiger partial charge in [0.1, 0.15) is 0 Å². The van der Waals surface area contributed by atoms with Crippen molar-refractivity contribution in [3.8, 4) is 0 Å². The van der Waals surface area contributed by atoms with Gasteiger partial charge in [0.05, 0.1) is 11.9 Å². The summed E-state index contributed by atoms with van der Waals surface area (Å²) in [5.41, 5.74) is 1.28. The molecule has 3 aromatic rings. The maximum Gasteiger partial charge on any atom is 0.261 e. The number of carbonyl (C=O) groups is 2. The first kappa shape index (κ1) is 27.5. The van der Waals surface area contributed by atoms with Crippen molar-refractivity contribution in [3.63, 3.8) is 0 Å². The maximum absolute atomic E-state index is 13.2. The van der Waals surface area contributed by atoms with Crippen LogP contribution in [0.5, 0.6) is 0 Å². The lowest BCUT2D eigenvalue weighted by Crippen LogP contribution is -2.46. The molecule has 4 rings (SSSR count). The lowest BCUT2D eigenvalue weighted by molar-refractivity contribution is -0.136. The van der Waals surface area contributed by atoms with E-state index in [4.69, 9.17) is 0 Å². The maximum atomic E-state index is 13.2. The van der Waals surface area contributed by atoms with Crippen LogP contribution in [0.2, 0.25) is 0 Å². The van der Waals surface area contributed by atoms with Gasteiger partial charge in [0.2, 0.25) is 5.91 Å². The van der Waals surface area contributed by atoms with E-state index in [1.165, 1.54) is 5.56 Å². The first-order chi connectivity index (χ1) is 18.4.